The van der Waals surface area contributed by atoms with Crippen LogP contribution in [0.15, 0.2) is 42.0 Å². The van der Waals surface area contributed by atoms with Crippen LogP contribution >= 0.6 is 11.8 Å². The molecule has 2 aromatic carbocycles. The number of piperazine rings is 1. The summed E-state index contributed by atoms with van der Waals surface area (Å²) >= 11 is 1.02. The van der Waals surface area contributed by atoms with E-state index in [0.717, 1.165) is 33.8 Å². The maximum Gasteiger partial charge on any atom is 0.460 e. The van der Waals surface area contributed by atoms with Crippen LogP contribution in [0.3, 0.4) is 0 Å². The van der Waals surface area contributed by atoms with E-state index in [1.807, 2.05) is 47.4 Å². The number of nitrogens with zero attached hydrogens (tertiary/aromatic N) is 3. The maximum atomic E-state index is 12.9. The number of thioether (sulfide) groups is 1. The summed E-state index contributed by atoms with van der Waals surface area (Å²) < 4.78 is 49.2. The van der Waals surface area contributed by atoms with Gasteiger partial charge in [0, 0.05) is 37.6 Å². The minimum atomic E-state index is -4.30. The number of aliphatic hydroxyl groups is 1. The Labute approximate surface area is 218 Å². The fraction of sp³-hybridized carbons (Fsp3) is 0.462. The highest BCUT2D eigenvalue weighted by molar-refractivity contribution is 8.14. The van der Waals surface area contributed by atoms with Gasteiger partial charge in [-0.15, -0.1) is 0 Å². The molecule has 0 amide bonds. The molecule has 0 saturated carbocycles. The van der Waals surface area contributed by atoms with E-state index in [2.05, 4.69) is 0 Å². The first-order valence-electron chi connectivity index (χ1n) is 11.9. The molecule has 200 valence electrons. The van der Waals surface area contributed by atoms with Gasteiger partial charge in [-0.1, -0.05) is 30.0 Å². The molecular formula is C26H30F3N3O4S. The zero-order chi connectivity index (χ0) is 26.8. The molecule has 0 aromatic heterocycles. The molecule has 37 heavy (non-hydrogen) atoms. The topological polar surface area (TPSA) is 86.0 Å². The zero-order valence-corrected chi connectivity index (χ0v) is 21.4. The SMILES string of the molecule is C/C(=C(/C#N)C(=O)SCCOCCOCCO)c1ccc2cc(N3CCN(C(F)(F)F)CC3)ccc2c1. The molecule has 0 spiro atoms. The molecule has 2 aromatic rings. The Bertz CT molecular complexity index is 1140. The summed E-state index contributed by atoms with van der Waals surface area (Å²) in [7, 11) is 0. The number of hydrogen-bond donors (Lipinski definition) is 1. The zero-order valence-electron chi connectivity index (χ0n) is 20.6. The van der Waals surface area contributed by atoms with Gasteiger partial charge in [0.2, 0.25) is 5.12 Å². The first kappa shape index (κ1) is 28.9. The molecule has 1 N–H and O–H groups in total. The van der Waals surface area contributed by atoms with Crippen molar-refractivity contribution in [2.75, 3.05) is 69.9 Å². The number of hydrogen-bond acceptors (Lipinski definition) is 8. The van der Waals surface area contributed by atoms with Crippen LogP contribution in [0.1, 0.15) is 12.5 Å². The third-order valence-electron chi connectivity index (χ3n) is 6.02. The van der Waals surface area contributed by atoms with E-state index in [-0.39, 0.29) is 37.0 Å². The largest absolute Gasteiger partial charge is 0.460 e. The molecule has 0 bridgehead atoms. The second kappa shape index (κ2) is 13.8. The minimum absolute atomic E-state index is 0.0445. The van der Waals surface area contributed by atoms with Gasteiger partial charge in [-0.3, -0.25) is 4.79 Å². The lowest BCUT2D eigenvalue weighted by Gasteiger charge is -2.36. The fourth-order valence-corrected chi connectivity index (χ4v) is 4.69. The number of fused-ring (bicyclic) bond motifs is 1. The van der Waals surface area contributed by atoms with Crippen LogP contribution in [0.5, 0.6) is 0 Å². The van der Waals surface area contributed by atoms with Gasteiger partial charge in [-0.05, 0) is 47.0 Å². The van der Waals surface area contributed by atoms with Crippen LogP contribution in [0, 0.1) is 11.3 Å². The molecular weight excluding hydrogens is 507 g/mol. The molecule has 1 heterocycles. The molecule has 7 nitrogen and oxygen atoms in total. The highest BCUT2D eigenvalue weighted by atomic mass is 32.2. The van der Waals surface area contributed by atoms with Crippen molar-refractivity contribution in [2.45, 2.75) is 13.2 Å². The Hall–Kier alpha value is -2.62. The van der Waals surface area contributed by atoms with Crippen molar-refractivity contribution >= 4 is 38.9 Å². The van der Waals surface area contributed by atoms with Crippen LogP contribution in [0.25, 0.3) is 16.3 Å². The van der Waals surface area contributed by atoms with Gasteiger partial charge in [0.25, 0.3) is 0 Å². The van der Waals surface area contributed by atoms with E-state index < -0.39 is 6.30 Å². The molecule has 0 radical (unpaired) electrons. The average Bonchev–Trinajstić information content (AvgIpc) is 2.89. The van der Waals surface area contributed by atoms with E-state index in [9.17, 15) is 23.2 Å². The number of alkyl halides is 3. The van der Waals surface area contributed by atoms with Crippen LogP contribution in [0.2, 0.25) is 0 Å². The normalized spacial score (nSPS) is 15.5. The Kier molecular flexibility index (Phi) is 10.8. The molecule has 0 aliphatic carbocycles. The first-order valence-corrected chi connectivity index (χ1v) is 12.9. The monoisotopic (exact) mass is 537 g/mol. The maximum absolute atomic E-state index is 12.9. The summed E-state index contributed by atoms with van der Waals surface area (Å²) in [6.07, 6.45) is -4.30. The van der Waals surface area contributed by atoms with Crippen molar-refractivity contribution in [3.8, 4) is 6.07 Å². The van der Waals surface area contributed by atoms with Crippen LogP contribution < -0.4 is 4.90 Å². The van der Waals surface area contributed by atoms with E-state index in [1.54, 1.807) is 6.92 Å². The number of carbonyl (C=O) groups excluding carboxylic acids is 1. The van der Waals surface area contributed by atoms with E-state index >= 15 is 0 Å². The molecule has 11 heteroatoms. The first-order chi connectivity index (χ1) is 17.7. The quantitative estimate of drug-likeness (QED) is 0.199. The third-order valence-corrected chi connectivity index (χ3v) is 6.86. The average molecular weight is 538 g/mol. The number of allylic oxidation sites excluding steroid dienone is 1. The fourth-order valence-electron chi connectivity index (χ4n) is 3.96. The molecule has 1 saturated heterocycles. The number of benzene rings is 2. The van der Waals surface area contributed by atoms with Crippen LogP contribution in [0.4, 0.5) is 18.9 Å². The number of aliphatic hydroxyl groups excluding tert-OH is 1. The molecule has 1 fully saturated rings. The summed E-state index contributed by atoms with van der Waals surface area (Å²) in [4.78, 5) is 15.1. The molecule has 3 rings (SSSR count). The van der Waals surface area contributed by atoms with Crippen LogP contribution in [-0.4, -0.2) is 86.4 Å². The molecule has 1 aliphatic heterocycles. The predicted octanol–water partition coefficient (Wildman–Crippen LogP) is 4.06. The van der Waals surface area contributed by atoms with Gasteiger partial charge >= 0.3 is 6.30 Å². The summed E-state index contributed by atoms with van der Waals surface area (Å²) in [5, 5.41) is 19.8. The predicted molar refractivity (Wildman–Crippen MR) is 138 cm³/mol. The Morgan fingerprint density at radius 1 is 1.03 bits per heavy atom. The number of halogens is 3. The Morgan fingerprint density at radius 2 is 1.68 bits per heavy atom. The van der Waals surface area contributed by atoms with Crippen molar-refractivity contribution < 1.29 is 32.5 Å². The second-order valence-corrected chi connectivity index (χ2v) is 9.45. The number of ether oxygens (including phenoxy) is 2. The number of rotatable bonds is 11. The van der Waals surface area contributed by atoms with Crippen molar-refractivity contribution in [3.63, 3.8) is 0 Å². The summed E-state index contributed by atoms with van der Waals surface area (Å²) in [6, 6.07) is 13.4. The summed E-state index contributed by atoms with van der Waals surface area (Å²) in [6.45, 7) is 3.44. The lowest BCUT2D eigenvalue weighted by atomic mass is 9.98. The van der Waals surface area contributed by atoms with Gasteiger partial charge in [-0.25, -0.2) is 4.90 Å². The van der Waals surface area contributed by atoms with E-state index in [0.29, 0.717) is 49.1 Å². The lowest BCUT2D eigenvalue weighted by Crippen LogP contribution is -2.51. The van der Waals surface area contributed by atoms with Gasteiger partial charge in [0.05, 0.1) is 33.0 Å². The molecule has 0 atom stereocenters. The van der Waals surface area contributed by atoms with Gasteiger partial charge in [-0.2, -0.15) is 18.4 Å². The van der Waals surface area contributed by atoms with Gasteiger partial charge < -0.3 is 19.5 Å². The van der Waals surface area contributed by atoms with E-state index in [4.69, 9.17) is 14.6 Å². The second-order valence-electron chi connectivity index (χ2n) is 8.38. The van der Waals surface area contributed by atoms with E-state index in [1.165, 1.54) is 0 Å². The lowest BCUT2D eigenvalue weighted by molar-refractivity contribution is -0.246. The smallest absolute Gasteiger partial charge is 0.394 e. The molecule has 0 unspecified atom stereocenters. The minimum Gasteiger partial charge on any atom is -0.394 e. The van der Waals surface area contributed by atoms with Crippen molar-refractivity contribution in [2.24, 2.45) is 0 Å². The highest BCUT2D eigenvalue weighted by Gasteiger charge is 2.38. The Morgan fingerprint density at radius 3 is 2.32 bits per heavy atom. The number of carbonyl (C=O) groups is 1. The molecule has 1 aliphatic rings. The highest BCUT2D eigenvalue weighted by Crippen LogP contribution is 2.29. The third kappa shape index (κ3) is 8.18. The standard InChI is InChI=1S/C26H30F3N3O4S/c1-19(24(18-30)25(34)37-15-14-36-13-12-35-11-10-33)20-2-3-22-17-23(5-4-21(22)16-20)31-6-8-32(9-7-31)26(27,28)29/h2-5,16-17,33H,6-15H2,1H3/b24-19+. The van der Waals surface area contributed by atoms with Crippen molar-refractivity contribution in [1.82, 2.24) is 4.90 Å². The number of nitriles is 1. The van der Waals surface area contributed by atoms with Crippen LogP contribution in [-0.2, 0) is 14.3 Å². The summed E-state index contributed by atoms with van der Waals surface area (Å²) in [5.74, 6) is 0.398. The van der Waals surface area contributed by atoms with Crippen molar-refractivity contribution in [1.29, 1.82) is 5.26 Å². The summed E-state index contributed by atoms with van der Waals surface area (Å²) in [5.41, 5.74) is 2.27. The van der Waals surface area contributed by atoms with Gasteiger partial charge in [0.15, 0.2) is 0 Å². The number of anilines is 1. The van der Waals surface area contributed by atoms with Gasteiger partial charge in [0.1, 0.15) is 11.6 Å². The van der Waals surface area contributed by atoms with Crippen molar-refractivity contribution in [3.05, 3.63) is 47.5 Å². The Balaban J connectivity index is 1.61.